The van der Waals surface area contributed by atoms with Gasteiger partial charge < -0.3 is 14.8 Å². The normalized spacial score (nSPS) is 17.5. The Morgan fingerprint density at radius 2 is 2.05 bits per heavy atom. The van der Waals surface area contributed by atoms with Crippen LogP contribution in [0.25, 0.3) is 0 Å². The zero-order valence-corrected chi connectivity index (χ0v) is 12.9. The largest absolute Gasteiger partial charge is 0.493 e. The maximum absolute atomic E-state index is 13.0. The fraction of sp³-hybridized carbons (Fsp3) is 0.625. The molecule has 1 saturated heterocycles. The molecule has 1 aliphatic heterocycles. The Kier molecular flexibility index (Phi) is 6.26. The summed E-state index contributed by atoms with van der Waals surface area (Å²) in [4.78, 5) is 2.34. The molecular weight excluding hydrogens is 271 g/mol. The molecule has 2 rings (SSSR count). The number of piperazine rings is 1. The van der Waals surface area contributed by atoms with Crippen molar-refractivity contribution < 1.29 is 13.9 Å². The molecule has 21 heavy (non-hydrogen) atoms. The highest BCUT2D eigenvalue weighted by Gasteiger charge is 2.23. The summed E-state index contributed by atoms with van der Waals surface area (Å²) in [6.45, 7) is 6.03. The van der Waals surface area contributed by atoms with Gasteiger partial charge in [-0.1, -0.05) is 6.07 Å². The lowest BCUT2D eigenvalue weighted by atomic mass is 10.0. The third-order valence-electron chi connectivity index (χ3n) is 3.85. The Morgan fingerprint density at radius 3 is 2.67 bits per heavy atom. The van der Waals surface area contributed by atoms with Crippen LogP contribution in [0.15, 0.2) is 18.2 Å². The van der Waals surface area contributed by atoms with Gasteiger partial charge in [0.15, 0.2) is 11.5 Å². The molecule has 0 bridgehead atoms. The van der Waals surface area contributed by atoms with E-state index in [1.807, 2.05) is 25.1 Å². The van der Waals surface area contributed by atoms with E-state index in [0.717, 1.165) is 37.5 Å². The van der Waals surface area contributed by atoms with E-state index in [1.165, 1.54) is 0 Å². The lowest BCUT2D eigenvalue weighted by Gasteiger charge is -2.35. The molecule has 0 aliphatic carbocycles. The summed E-state index contributed by atoms with van der Waals surface area (Å²) in [5, 5.41) is 3.33. The standard InChI is InChI=1S/C16H25FN2O2/c1-3-21-15-5-4-13(12-16(15)20-2)14(6-7-17)19-10-8-18-9-11-19/h4-5,12,14,18H,3,6-11H2,1-2H3/t14-/m0/s1. The summed E-state index contributed by atoms with van der Waals surface area (Å²) in [5.74, 6) is 1.46. The number of ether oxygens (including phenoxy) is 2. The monoisotopic (exact) mass is 296 g/mol. The second kappa shape index (κ2) is 8.20. The molecule has 5 heteroatoms. The molecule has 1 aliphatic rings. The van der Waals surface area contributed by atoms with E-state index in [-0.39, 0.29) is 12.7 Å². The number of rotatable bonds is 7. The first-order valence-electron chi connectivity index (χ1n) is 7.61. The van der Waals surface area contributed by atoms with Gasteiger partial charge in [-0.15, -0.1) is 0 Å². The van der Waals surface area contributed by atoms with Crippen molar-refractivity contribution >= 4 is 0 Å². The maximum Gasteiger partial charge on any atom is 0.161 e. The molecule has 1 aromatic carbocycles. The summed E-state index contributed by atoms with van der Waals surface area (Å²) in [6.07, 6.45) is 0.511. The maximum atomic E-state index is 13.0. The minimum absolute atomic E-state index is 0.0988. The van der Waals surface area contributed by atoms with Gasteiger partial charge in [-0.2, -0.15) is 0 Å². The van der Waals surface area contributed by atoms with Gasteiger partial charge >= 0.3 is 0 Å². The highest BCUT2D eigenvalue weighted by Crippen LogP contribution is 2.33. The minimum Gasteiger partial charge on any atom is -0.493 e. The highest BCUT2D eigenvalue weighted by atomic mass is 19.1. The zero-order chi connectivity index (χ0) is 15.1. The van der Waals surface area contributed by atoms with E-state index >= 15 is 0 Å². The molecule has 1 aromatic rings. The predicted molar refractivity (Wildman–Crippen MR) is 81.9 cm³/mol. The second-order valence-corrected chi connectivity index (χ2v) is 5.12. The first-order valence-corrected chi connectivity index (χ1v) is 7.61. The quantitative estimate of drug-likeness (QED) is 0.838. The van der Waals surface area contributed by atoms with Gasteiger partial charge in [-0.25, -0.2) is 0 Å². The molecule has 0 aromatic heterocycles. The van der Waals surface area contributed by atoms with Crippen molar-refractivity contribution in [2.75, 3.05) is 46.6 Å². The number of alkyl halides is 1. The van der Waals surface area contributed by atoms with Crippen LogP contribution in [0.3, 0.4) is 0 Å². The van der Waals surface area contributed by atoms with E-state index in [9.17, 15) is 4.39 Å². The van der Waals surface area contributed by atoms with Crippen LogP contribution >= 0.6 is 0 Å². The molecule has 1 N–H and O–H groups in total. The van der Waals surface area contributed by atoms with Crippen LogP contribution in [0.5, 0.6) is 11.5 Å². The van der Waals surface area contributed by atoms with Crippen LogP contribution in [-0.2, 0) is 0 Å². The Morgan fingerprint density at radius 1 is 1.29 bits per heavy atom. The number of nitrogens with zero attached hydrogens (tertiary/aromatic N) is 1. The number of methoxy groups -OCH3 is 1. The molecule has 118 valence electrons. The fourth-order valence-electron chi connectivity index (χ4n) is 2.82. The van der Waals surface area contributed by atoms with E-state index in [4.69, 9.17) is 9.47 Å². The number of nitrogens with one attached hydrogen (secondary N) is 1. The van der Waals surface area contributed by atoms with Crippen molar-refractivity contribution in [1.29, 1.82) is 0 Å². The van der Waals surface area contributed by atoms with Gasteiger partial charge in [-0.3, -0.25) is 9.29 Å². The molecule has 0 saturated carbocycles. The van der Waals surface area contributed by atoms with Crippen molar-refractivity contribution in [1.82, 2.24) is 10.2 Å². The molecule has 0 spiro atoms. The molecule has 1 atom stereocenters. The summed E-state index contributed by atoms with van der Waals surface area (Å²) >= 11 is 0. The first-order chi connectivity index (χ1) is 10.3. The predicted octanol–water partition coefficient (Wildman–Crippen LogP) is 2.40. The van der Waals surface area contributed by atoms with Gasteiger partial charge in [0.25, 0.3) is 0 Å². The molecule has 1 heterocycles. The van der Waals surface area contributed by atoms with Crippen molar-refractivity contribution in [3.05, 3.63) is 23.8 Å². The summed E-state index contributed by atoms with van der Waals surface area (Å²) in [5.41, 5.74) is 1.09. The third kappa shape index (κ3) is 4.08. The van der Waals surface area contributed by atoms with Gasteiger partial charge in [-0.05, 0) is 31.0 Å². The number of halogens is 1. The van der Waals surface area contributed by atoms with E-state index in [2.05, 4.69) is 10.2 Å². The number of hydrogen-bond acceptors (Lipinski definition) is 4. The van der Waals surface area contributed by atoms with Crippen LogP contribution in [-0.4, -0.2) is 51.5 Å². The SMILES string of the molecule is CCOc1ccc([C@H](CCF)N2CCNCC2)cc1OC. The van der Waals surface area contributed by atoms with Crippen LogP contribution < -0.4 is 14.8 Å². The summed E-state index contributed by atoms with van der Waals surface area (Å²) in [6, 6.07) is 6.02. The van der Waals surface area contributed by atoms with E-state index < -0.39 is 0 Å². The zero-order valence-electron chi connectivity index (χ0n) is 12.9. The topological polar surface area (TPSA) is 33.7 Å². The fourth-order valence-corrected chi connectivity index (χ4v) is 2.82. The van der Waals surface area contributed by atoms with Gasteiger partial charge in [0.2, 0.25) is 0 Å². The Balaban J connectivity index is 2.22. The molecule has 0 unspecified atom stereocenters. The van der Waals surface area contributed by atoms with Crippen molar-refractivity contribution in [2.45, 2.75) is 19.4 Å². The van der Waals surface area contributed by atoms with Crippen LogP contribution in [0.2, 0.25) is 0 Å². The van der Waals surface area contributed by atoms with Crippen molar-refractivity contribution in [3.63, 3.8) is 0 Å². The minimum atomic E-state index is -0.315. The van der Waals surface area contributed by atoms with Gasteiger partial charge in [0, 0.05) is 32.2 Å². The first kappa shape index (κ1) is 16.0. The van der Waals surface area contributed by atoms with Crippen molar-refractivity contribution in [3.8, 4) is 11.5 Å². The Hall–Kier alpha value is -1.33. The Labute approximate surface area is 126 Å². The molecule has 0 amide bonds. The third-order valence-corrected chi connectivity index (χ3v) is 3.85. The summed E-state index contributed by atoms with van der Waals surface area (Å²) < 4.78 is 23.9. The average molecular weight is 296 g/mol. The van der Waals surface area contributed by atoms with Crippen molar-refractivity contribution in [2.24, 2.45) is 0 Å². The molecule has 0 radical (unpaired) electrons. The number of hydrogen-bond donors (Lipinski definition) is 1. The van der Waals surface area contributed by atoms with E-state index in [0.29, 0.717) is 18.8 Å². The summed E-state index contributed by atoms with van der Waals surface area (Å²) in [7, 11) is 1.64. The van der Waals surface area contributed by atoms with Crippen LogP contribution in [0.4, 0.5) is 4.39 Å². The number of benzene rings is 1. The smallest absolute Gasteiger partial charge is 0.161 e. The molecule has 4 nitrogen and oxygen atoms in total. The molecule has 1 fully saturated rings. The van der Waals surface area contributed by atoms with Gasteiger partial charge in [0.1, 0.15) is 0 Å². The average Bonchev–Trinajstić information content (AvgIpc) is 2.54. The van der Waals surface area contributed by atoms with Crippen LogP contribution in [0.1, 0.15) is 24.9 Å². The van der Waals surface area contributed by atoms with Crippen LogP contribution in [0, 0.1) is 0 Å². The van der Waals surface area contributed by atoms with Gasteiger partial charge in [0.05, 0.1) is 20.4 Å². The van der Waals surface area contributed by atoms with E-state index in [1.54, 1.807) is 7.11 Å². The molecular formula is C16H25FN2O2. The lowest BCUT2D eigenvalue weighted by molar-refractivity contribution is 0.157. The highest BCUT2D eigenvalue weighted by molar-refractivity contribution is 5.44. The lowest BCUT2D eigenvalue weighted by Crippen LogP contribution is -2.45. The second-order valence-electron chi connectivity index (χ2n) is 5.12. The Bertz CT molecular complexity index is 436.